The lowest BCUT2D eigenvalue weighted by molar-refractivity contribution is -0.133. The Bertz CT molecular complexity index is 553. The summed E-state index contributed by atoms with van der Waals surface area (Å²) in [7, 11) is 0. The number of ether oxygens (including phenoxy) is 1. The molecule has 0 spiro atoms. The van der Waals surface area contributed by atoms with Crippen molar-refractivity contribution in [3.05, 3.63) is 30.1 Å². The monoisotopic (exact) mass is 363 g/mol. The van der Waals surface area contributed by atoms with Crippen molar-refractivity contribution in [3.8, 4) is 5.75 Å². The SMILES string of the molecule is O=C(CN1CCN(CCCOc2ccc(F)cc2)CC1)N1CCCCC1. The predicted octanol–water partition coefficient (Wildman–Crippen LogP) is 2.22. The van der Waals surface area contributed by atoms with Crippen molar-refractivity contribution in [1.29, 1.82) is 0 Å². The molecule has 5 nitrogen and oxygen atoms in total. The molecule has 1 amide bonds. The molecule has 2 heterocycles. The van der Waals surface area contributed by atoms with Gasteiger partial charge in [-0.2, -0.15) is 0 Å². The van der Waals surface area contributed by atoms with E-state index in [1.165, 1.54) is 18.6 Å². The molecule has 3 rings (SSSR count). The van der Waals surface area contributed by atoms with Crippen LogP contribution in [0.3, 0.4) is 0 Å². The lowest BCUT2D eigenvalue weighted by Crippen LogP contribution is -2.50. The smallest absolute Gasteiger partial charge is 0.236 e. The molecule has 1 aromatic carbocycles. The molecular weight excluding hydrogens is 333 g/mol. The molecule has 2 saturated heterocycles. The van der Waals surface area contributed by atoms with E-state index >= 15 is 0 Å². The molecule has 2 fully saturated rings. The van der Waals surface area contributed by atoms with Crippen LogP contribution in [0.2, 0.25) is 0 Å². The van der Waals surface area contributed by atoms with Crippen LogP contribution in [0.4, 0.5) is 4.39 Å². The summed E-state index contributed by atoms with van der Waals surface area (Å²) in [6.45, 7) is 8.00. The third kappa shape index (κ3) is 5.95. The number of piperazine rings is 1. The second-order valence-corrected chi connectivity index (χ2v) is 7.22. The third-order valence-corrected chi connectivity index (χ3v) is 5.23. The highest BCUT2D eigenvalue weighted by atomic mass is 19.1. The fourth-order valence-corrected chi connectivity index (χ4v) is 3.61. The van der Waals surface area contributed by atoms with Crippen molar-refractivity contribution in [2.24, 2.45) is 0 Å². The van der Waals surface area contributed by atoms with Gasteiger partial charge in [0.2, 0.25) is 5.91 Å². The van der Waals surface area contributed by atoms with Gasteiger partial charge in [-0.15, -0.1) is 0 Å². The summed E-state index contributed by atoms with van der Waals surface area (Å²) in [4.78, 5) is 19.1. The summed E-state index contributed by atoms with van der Waals surface area (Å²) in [6, 6.07) is 6.15. The van der Waals surface area contributed by atoms with E-state index in [1.807, 2.05) is 4.90 Å². The normalized spacial score (nSPS) is 19.5. The number of piperidine rings is 1. The maximum atomic E-state index is 12.8. The van der Waals surface area contributed by atoms with Crippen LogP contribution in [0.25, 0.3) is 0 Å². The Morgan fingerprint density at radius 3 is 2.27 bits per heavy atom. The summed E-state index contributed by atoms with van der Waals surface area (Å²) >= 11 is 0. The van der Waals surface area contributed by atoms with Gasteiger partial charge in [0.05, 0.1) is 13.2 Å². The van der Waals surface area contributed by atoms with Crippen LogP contribution in [0.1, 0.15) is 25.7 Å². The van der Waals surface area contributed by atoms with Crippen molar-refractivity contribution in [3.63, 3.8) is 0 Å². The summed E-state index contributed by atoms with van der Waals surface area (Å²) < 4.78 is 18.5. The molecule has 0 radical (unpaired) electrons. The number of carbonyl (C=O) groups is 1. The molecule has 0 atom stereocenters. The lowest BCUT2D eigenvalue weighted by Gasteiger charge is -2.36. The summed E-state index contributed by atoms with van der Waals surface area (Å²) in [5, 5.41) is 0. The molecule has 1 aromatic rings. The first-order chi connectivity index (χ1) is 12.7. The van der Waals surface area contributed by atoms with Gasteiger partial charge in [-0.1, -0.05) is 0 Å². The average Bonchev–Trinajstić information content (AvgIpc) is 2.68. The Hall–Kier alpha value is -1.66. The van der Waals surface area contributed by atoms with E-state index < -0.39 is 0 Å². The van der Waals surface area contributed by atoms with Crippen LogP contribution in [0.5, 0.6) is 5.75 Å². The number of halogens is 1. The van der Waals surface area contributed by atoms with Gasteiger partial charge in [0.15, 0.2) is 0 Å². The number of hydrogen-bond donors (Lipinski definition) is 0. The molecule has 0 N–H and O–H groups in total. The van der Waals surface area contributed by atoms with Crippen molar-refractivity contribution in [2.75, 3.05) is 59.0 Å². The largest absolute Gasteiger partial charge is 0.494 e. The third-order valence-electron chi connectivity index (χ3n) is 5.23. The highest BCUT2D eigenvalue weighted by Gasteiger charge is 2.22. The van der Waals surface area contributed by atoms with Crippen LogP contribution >= 0.6 is 0 Å². The molecule has 0 aliphatic carbocycles. The van der Waals surface area contributed by atoms with Gasteiger partial charge in [-0.3, -0.25) is 9.69 Å². The Labute approximate surface area is 155 Å². The van der Waals surface area contributed by atoms with Crippen molar-refractivity contribution in [1.82, 2.24) is 14.7 Å². The molecule has 0 aromatic heterocycles. The zero-order valence-corrected chi connectivity index (χ0v) is 15.5. The molecule has 2 aliphatic rings. The maximum Gasteiger partial charge on any atom is 0.236 e. The molecule has 2 aliphatic heterocycles. The highest BCUT2D eigenvalue weighted by molar-refractivity contribution is 5.78. The van der Waals surface area contributed by atoms with Crippen LogP contribution < -0.4 is 4.74 Å². The number of rotatable bonds is 7. The van der Waals surface area contributed by atoms with E-state index in [-0.39, 0.29) is 5.82 Å². The van der Waals surface area contributed by atoms with Crippen molar-refractivity contribution >= 4 is 5.91 Å². The van der Waals surface area contributed by atoms with Gasteiger partial charge in [0.1, 0.15) is 11.6 Å². The topological polar surface area (TPSA) is 36.0 Å². The number of hydrogen-bond acceptors (Lipinski definition) is 4. The van der Waals surface area contributed by atoms with Crippen molar-refractivity contribution in [2.45, 2.75) is 25.7 Å². The van der Waals surface area contributed by atoms with Gasteiger partial charge in [-0.25, -0.2) is 4.39 Å². The van der Waals surface area contributed by atoms with Crippen LogP contribution in [-0.2, 0) is 4.79 Å². The summed E-state index contributed by atoms with van der Waals surface area (Å²) in [6.07, 6.45) is 4.51. The Kier molecular flexibility index (Phi) is 7.26. The zero-order chi connectivity index (χ0) is 18.2. The minimum absolute atomic E-state index is 0.242. The Morgan fingerprint density at radius 2 is 1.58 bits per heavy atom. The van der Waals surface area contributed by atoms with E-state index in [0.717, 1.165) is 65.1 Å². The van der Waals surface area contributed by atoms with Gasteiger partial charge >= 0.3 is 0 Å². The van der Waals surface area contributed by atoms with E-state index in [2.05, 4.69) is 9.80 Å². The lowest BCUT2D eigenvalue weighted by atomic mass is 10.1. The molecule has 144 valence electrons. The van der Waals surface area contributed by atoms with Crippen LogP contribution in [0, 0.1) is 5.82 Å². The number of nitrogens with zero attached hydrogens (tertiary/aromatic N) is 3. The van der Waals surface area contributed by atoms with Crippen LogP contribution in [-0.4, -0.2) is 79.6 Å². The second-order valence-electron chi connectivity index (χ2n) is 7.22. The molecule has 26 heavy (non-hydrogen) atoms. The van der Waals surface area contributed by atoms with Gasteiger partial charge in [0, 0.05) is 45.8 Å². The van der Waals surface area contributed by atoms with E-state index in [1.54, 1.807) is 12.1 Å². The zero-order valence-electron chi connectivity index (χ0n) is 15.5. The van der Waals surface area contributed by atoms with Gasteiger partial charge in [-0.05, 0) is 49.9 Å². The first kappa shape index (κ1) is 19.1. The fraction of sp³-hybridized carbons (Fsp3) is 0.650. The number of benzene rings is 1. The predicted molar refractivity (Wildman–Crippen MR) is 99.8 cm³/mol. The molecule has 0 saturated carbocycles. The quantitative estimate of drug-likeness (QED) is 0.696. The molecular formula is C20H30FN3O2. The fourth-order valence-electron chi connectivity index (χ4n) is 3.61. The minimum Gasteiger partial charge on any atom is -0.494 e. The van der Waals surface area contributed by atoms with Gasteiger partial charge < -0.3 is 14.5 Å². The van der Waals surface area contributed by atoms with E-state index in [0.29, 0.717) is 24.8 Å². The molecule has 0 unspecified atom stereocenters. The number of likely N-dealkylation sites (tertiary alicyclic amines) is 1. The highest BCUT2D eigenvalue weighted by Crippen LogP contribution is 2.12. The van der Waals surface area contributed by atoms with Crippen molar-refractivity contribution < 1.29 is 13.9 Å². The summed E-state index contributed by atoms with van der Waals surface area (Å²) in [5.74, 6) is 0.771. The van der Waals surface area contributed by atoms with E-state index in [9.17, 15) is 9.18 Å². The summed E-state index contributed by atoms with van der Waals surface area (Å²) in [5.41, 5.74) is 0. The molecule has 6 heteroatoms. The maximum absolute atomic E-state index is 12.8. The molecule has 0 bridgehead atoms. The minimum atomic E-state index is -0.242. The standard InChI is InChI=1S/C20H30FN3O2/c21-18-5-7-19(8-6-18)26-16-4-9-22-12-14-23(15-13-22)17-20(25)24-10-2-1-3-11-24/h5-8H,1-4,9-17H2. The second kappa shape index (κ2) is 9.88. The first-order valence-corrected chi connectivity index (χ1v) is 9.81. The number of amides is 1. The first-order valence-electron chi connectivity index (χ1n) is 9.81. The number of carbonyl (C=O) groups excluding carboxylic acids is 1. The van der Waals surface area contributed by atoms with E-state index in [4.69, 9.17) is 4.74 Å². The Balaban J connectivity index is 1.27. The Morgan fingerprint density at radius 1 is 0.923 bits per heavy atom. The average molecular weight is 363 g/mol. The van der Waals surface area contributed by atoms with Gasteiger partial charge in [0.25, 0.3) is 0 Å². The van der Waals surface area contributed by atoms with Crippen LogP contribution in [0.15, 0.2) is 24.3 Å².